The van der Waals surface area contributed by atoms with Gasteiger partial charge in [0.2, 0.25) is 5.91 Å². The number of hydrogen-bond acceptors (Lipinski definition) is 4. The van der Waals surface area contributed by atoms with Crippen LogP contribution in [-0.2, 0) is 11.2 Å². The summed E-state index contributed by atoms with van der Waals surface area (Å²) in [6.45, 7) is 4.88. The highest BCUT2D eigenvalue weighted by molar-refractivity contribution is 7.99. The van der Waals surface area contributed by atoms with Crippen LogP contribution in [0, 0.1) is 13.8 Å². The maximum Gasteiger partial charge on any atom is 0.237 e. The molecule has 0 bridgehead atoms. The molecule has 0 saturated heterocycles. The Bertz CT molecular complexity index is 1230. The minimum absolute atomic E-state index is 0.111. The van der Waals surface area contributed by atoms with Crippen LogP contribution in [0.25, 0.3) is 16.6 Å². The third-order valence-electron chi connectivity index (χ3n) is 5.30. The molecule has 1 aliphatic heterocycles. The number of pyridine rings is 1. The van der Waals surface area contributed by atoms with Gasteiger partial charge >= 0.3 is 0 Å². The van der Waals surface area contributed by atoms with E-state index >= 15 is 0 Å². The van der Waals surface area contributed by atoms with Gasteiger partial charge in [-0.15, -0.1) is 10.2 Å². The van der Waals surface area contributed by atoms with Gasteiger partial charge in [0.05, 0.1) is 11.3 Å². The van der Waals surface area contributed by atoms with E-state index in [9.17, 15) is 4.79 Å². The summed E-state index contributed by atoms with van der Waals surface area (Å²) in [6.07, 6.45) is 0.920. The second kappa shape index (κ2) is 6.63. The van der Waals surface area contributed by atoms with Crippen molar-refractivity contribution in [2.75, 3.05) is 17.2 Å². The van der Waals surface area contributed by atoms with E-state index in [4.69, 9.17) is 0 Å². The number of benzene rings is 2. The molecule has 28 heavy (non-hydrogen) atoms. The first-order valence-electron chi connectivity index (χ1n) is 9.38. The van der Waals surface area contributed by atoms with Gasteiger partial charge in [0.15, 0.2) is 10.8 Å². The molecule has 0 atom stereocenters. The molecule has 0 unspecified atom stereocenters. The summed E-state index contributed by atoms with van der Waals surface area (Å²) in [6, 6.07) is 16.7. The topological polar surface area (TPSA) is 50.5 Å². The summed E-state index contributed by atoms with van der Waals surface area (Å²) in [7, 11) is 0. The lowest BCUT2D eigenvalue weighted by Crippen LogP contribution is -2.30. The van der Waals surface area contributed by atoms with Crippen molar-refractivity contribution >= 4 is 39.9 Å². The zero-order chi connectivity index (χ0) is 19.3. The fourth-order valence-electron chi connectivity index (χ4n) is 3.90. The standard InChI is InChI=1S/C22H20N4OS/c1-14-7-8-17-12-15(2)21-23-24-22(26(21)19(17)11-14)28-13-20(27)25-10-9-16-5-3-4-6-18(16)25/h3-8,11-12H,9-10,13H2,1-2H3. The van der Waals surface area contributed by atoms with E-state index < -0.39 is 0 Å². The Hall–Kier alpha value is -2.86. The lowest BCUT2D eigenvalue weighted by molar-refractivity contribution is -0.116. The van der Waals surface area contributed by atoms with Crippen LogP contribution in [0.1, 0.15) is 16.7 Å². The van der Waals surface area contributed by atoms with E-state index in [1.54, 1.807) is 0 Å². The first-order chi connectivity index (χ1) is 13.6. The molecule has 6 heteroatoms. The number of carbonyl (C=O) groups is 1. The van der Waals surface area contributed by atoms with Crippen LogP contribution in [0.3, 0.4) is 0 Å². The number of thioether (sulfide) groups is 1. The lowest BCUT2D eigenvalue weighted by atomic mass is 10.1. The Kier molecular flexibility index (Phi) is 4.09. The summed E-state index contributed by atoms with van der Waals surface area (Å²) in [5.74, 6) is 0.455. The zero-order valence-electron chi connectivity index (χ0n) is 15.8. The summed E-state index contributed by atoms with van der Waals surface area (Å²) in [4.78, 5) is 14.8. The van der Waals surface area contributed by atoms with Gasteiger partial charge in [0, 0.05) is 12.2 Å². The molecular weight excluding hydrogens is 368 g/mol. The third-order valence-corrected chi connectivity index (χ3v) is 6.21. The first kappa shape index (κ1) is 17.3. The normalized spacial score (nSPS) is 13.4. The molecule has 3 heterocycles. The maximum atomic E-state index is 12.9. The number of carbonyl (C=O) groups excluding carboxylic acids is 1. The Morgan fingerprint density at radius 1 is 1.11 bits per heavy atom. The molecule has 140 valence electrons. The van der Waals surface area contributed by atoms with E-state index in [-0.39, 0.29) is 5.91 Å². The van der Waals surface area contributed by atoms with Crippen LogP contribution < -0.4 is 4.90 Å². The average Bonchev–Trinajstić information content (AvgIpc) is 3.32. The van der Waals surface area contributed by atoms with Crippen molar-refractivity contribution in [1.82, 2.24) is 14.6 Å². The number of para-hydroxylation sites is 1. The van der Waals surface area contributed by atoms with E-state index in [1.807, 2.05) is 30.0 Å². The predicted octanol–water partition coefficient (Wildman–Crippen LogP) is 4.18. The Labute approximate surface area is 167 Å². The molecule has 0 saturated carbocycles. The second-order valence-corrected chi connectivity index (χ2v) is 8.19. The van der Waals surface area contributed by atoms with Crippen LogP contribution in [-0.4, -0.2) is 32.8 Å². The van der Waals surface area contributed by atoms with E-state index in [0.717, 1.165) is 45.9 Å². The molecule has 4 aromatic rings. The molecular formula is C22H20N4OS. The Morgan fingerprint density at radius 2 is 1.96 bits per heavy atom. The monoisotopic (exact) mass is 388 g/mol. The fraction of sp³-hybridized carbons (Fsp3) is 0.227. The van der Waals surface area contributed by atoms with E-state index in [2.05, 4.69) is 51.9 Å². The van der Waals surface area contributed by atoms with Gasteiger partial charge in [0.1, 0.15) is 0 Å². The van der Waals surface area contributed by atoms with Gasteiger partial charge in [-0.05, 0) is 60.5 Å². The van der Waals surface area contributed by atoms with Crippen molar-refractivity contribution in [2.24, 2.45) is 0 Å². The van der Waals surface area contributed by atoms with Crippen molar-refractivity contribution in [3.63, 3.8) is 0 Å². The van der Waals surface area contributed by atoms with Crippen LogP contribution in [0.4, 0.5) is 5.69 Å². The van der Waals surface area contributed by atoms with Crippen LogP contribution in [0.5, 0.6) is 0 Å². The fourth-order valence-corrected chi connectivity index (χ4v) is 4.73. The largest absolute Gasteiger partial charge is 0.311 e. The van der Waals surface area contributed by atoms with Crippen LogP contribution >= 0.6 is 11.8 Å². The van der Waals surface area contributed by atoms with Crippen molar-refractivity contribution in [3.8, 4) is 0 Å². The van der Waals surface area contributed by atoms with Gasteiger partial charge < -0.3 is 4.90 Å². The van der Waals surface area contributed by atoms with Crippen LogP contribution in [0.15, 0.2) is 53.7 Å². The van der Waals surface area contributed by atoms with Gasteiger partial charge in [-0.25, -0.2) is 0 Å². The number of fused-ring (bicyclic) bond motifs is 4. The summed E-state index contributed by atoms with van der Waals surface area (Å²) < 4.78 is 2.08. The van der Waals surface area contributed by atoms with Gasteiger partial charge in [0.25, 0.3) is 0 Å². The van der Waals surface area contributed by atoms with Crippen molar-refractivity contribution in [1.29, 1.82) is 0 Å². The molecule has 2 aromatic heterocycles. The maximum absolute atomic E-state index is 12.9. The summed E-state index contributed by atoms with van der Waals surface area (Å²) in [5.41, 5.74) is 6.47. The summed E-state index contributed by atoms with van der Waals surface area (Å²) in [5, 5.41) is 10.7. The zero-order valence-corrected chi connectivity index (χ0v) is 16.7. The number of amides is 1. The molecule has 5 nitrogen and oxygen atoms in total. The van der Waals surface area contributed by atoms with Gasteiger partial charge in [-0.3, -0.25) is 9.20 Å². The molecule has 1 amide bonds. The third kappa shape index (κ3) is 2.76. The van der Waals surface area contributed by atoms with Gasteiger partial charge in [-0.1, -0.05) is 42.1 Å². The Morgan fingerprint density at radius 3 is 2.86 bits per heavy atom. The highest BCUT2D eigenvalue weighted by Crippen LogP contribution is 2.30. The highest BCUT2D eigenvalue weighted by atomic mass is 32.2. The first-order valence-corrected chi connectivity index (χ1v) is 10.4. The smallest absolute Gasteiger partial charge is 0.237 e. The van der Waals surface area contributed by atoms with Crippen LogP contribution in [0.2, 0.25) is 0 Å². The van der Waals surface area contributed by atoms with Crippen molar-refractivity contribution in [2.45, 2.75) is 25.4 Å². The minimum atomic E-state index is 0.111. The number of aromatic nitrogens is 3. The molecule has 0 radical (unpaired) electrons. The quantitative estimate of drug-likeness (QED) is 0.494. The van der Waals surface area contributed by atoms with E-state index in [1.165, 1.54) is 22.9 Å². The molecule has 2 aromatic carbocycles. The van der Waals surface area contributed by atoms with E-state index in [0.29, 0.717) is 5.75 Å². The van der Waals surface area contributed by atoms with Gasteiger partial charge in [-0.2, -0.15) is 0 Å². The molecule has 0 spiro atoms. The molecule has 1 aliphatic rings. The number of nitrogens with zero attached hydrogens (tertiary/aromatic N) is 4. The highest BCUT2D eigenvalue weighted by Gasteiger charge is 2.24. The number of aryl methyl sites for hydroxylation is 2. The van der Waals surface area contributed by atoms with Crippen molar-refractivity contribution < 1.29 is 4.79 Å². The molecule has 0 N–H and O–H groups in total. The SMILES string of the molecule is Cc1ccc2cc(C)c3nnc(SCC(=O)N4CCc5ccccc54)n3c2c1. The van der Waals surface area contributed by atoms with Crippen molar-refractivity contribution in [3.05, 3.63) is 65.2 Å². The molecule has 5 rings (SSSR count). The molecule has 0 fully saturated rings. The second-order valence-electron chi connectivity index (χ2n) is 7.24. The lowest BCUT2D eigenvalue weighted by Gasteiger charge is -2.16. The number of anilines is 1. The number of rotatable bonds is 3. The predicted molar refractivity (Wildman–Crippen MR) is 113 cm³/mol. The average molecular weight is 388 g/mol. The minimum Gasteiger partial charge on any atom is -0.311 e. The molecule has 0 aliphatic carbocycles. The number of hydrogen-bond donors (Lipinski definition) is 0. The summed E-state index contributed by atoms with van der Waals surface area (Å²) >= 11 is 1.45. The Balaban J connectivity index is 1.47.